The molecule has 2 N–H and O–H groups in total. The highest BCUT2D eigenvalue weighted by atomic mass is 16.6. The highest BCUT2D eigenvalue weighted by Crippen LogP contribution is 2.00. The minimum Gasteiger partial charge on any atom is -0.361 e. The summed E-state index contributed by atoms with van der Waals surface area (Å²) in [6, 6.07) is 1.77. The summed E-state index contributed by atoms with van der Waals surface area (Å²) in [4.78, 5) is 4.32. The van der Waals surface area contributed by atoms with Crippen LogP contribution in [0.1, 0.15) is 11.5 Å². The largest absolute Gasteiger partial charge is 0.361 e. The Bertz CT molecular complexity index is 185. The van der Waals surface area contributed by atoms with Gasteiger partial charge in [-0.1, -0.05) is 5.16 Å². The number of hydrogen-bond donors (Lipinski definition) is 1. The Kier molecular flexibility index (Phi) is 1.81. The van der Waals surface area contributed by atoms with Gasteiger partial charge in [-0.25, -0.2) is 5.90 Å². The molecule has 0 aliphatic carbocycles. The molecule has 0 bridgehead atoms. The van der Waals surface area contributed by atoms with Crippen LogP contribution in [-0.4, -0.2) is 5.16 Å². The number of aryl methyl sites for hydroxylation is 1. The minimum absolute atomic E-state index is 0.303. The molecule has 0 unspecified atom stereocenters. The molecule has 0 aromatic carbocycles. The van der Waals surface area contributed by atoms with Crippen molar-refractivity contribution in [2.75, 3.05) is 0 Å². The standard InChI is InChI=1S/C5H8N2O2/c1-4-2-5(3-8-6)7-9-4/h2H,3,6H2,1H3. The number of nitrogens with zero attached hydrogens (tertiary/aromatic N) is 1. The van der Waals surface area contributed by atoms with Gasteiger partial charge in [0.2, 0.25) is 0 Å². The lowest BCUT2D eigenvalue weighted by atomic mass is 10.4. The Morgan fingerprint density at radius 1 is 1.89 bits per heavy atom. The first-order chi connectivity index (χ1) is 4.33. The molecule has 0 saturated carbocycles. The van der Waals surface area contributed by atoms with Gasteiger partial charge >= 0.3 is 0 Å². The fourth-order valence-electron chi connectivity index (χ4n) is 0.571. The molecule has 0 fully saturated rings. The molecule has 0 spiro atoms. The maximum atomic E-state index is 4.79. The maximum absolute atomic E-state index is 4.79. The van der Waals surface area contributed by atoms with Gasteiger partial charge in [-0.15, -0.1) is 0 Å². The van der Waals surface area contributed by atoms with E-state index in [1.54, 1.807) is 6.07 Å². The second-order valence-corrected chi connectivity index (χ2v) is 1.74. The first-order valence-electron chi connectivity index (χ1n) is 2.57. The lowest BCUT2D eigenvalue weighted by molar-refractivity contribution is 0.118. The summed E-state index contributed by atoms with van der Waals surface area (Å²) >= 11 is 0. The van der Waals surface area contributed by atoms with Crippen molar-refractivity contribution in [1.29, 1.82) is 0 Å². The Balaban J connectivity index is 2.61. The summed E-state index contributed by atoms with van der Waals surface area (Å²) in [6.07, 6.45) is 0. The van der Waals surface area contributed by atoms with E-state index < -0.39 is 0 Å². The third-order valence-corrected chi connectivity index (χ3v) is 0.908. The molecule has 0 radical (unpaired) electrons. The second-order valence-electron chi connectivity index (χ2n) is 1.74. The van der Waals surface area contributed by atoms with E-state index in [1.807, 2.05) is 6.92 Å². The van der Waals surface area contributed by atoms with Gasteiger partial charge in [0.15, 0.2) is 0 Å². The van der Waals surface area contributed by atoms with Gasteiger partial charge in [0.05, 0.1) is 0 Å². The molecule has 0 aliphatic heterocycles. The van der Waals surface area contributed by atoms with Crippen LogP contribution in [0.25, 0.3) is 0 Å². The zero-order valence-corrected chi connectivity index (χ0v) is 5.13. The van der Waals surface area contributed by atoms with Crippen LogP contribution in [0.15, 0.2) is 10.6 Å². The summed E-state index contributed by atoms with van der Waals surface area (Å²) in [5, 5.41) is 3.63. The van der Waals surface area contributed by atoms with Gasteiger partial charge in [-0.3, -0.25) is 4.84 Å². The van der Waals surface area contributed by atoms with Crippen molar-refractivity contribution in [2.45, 2.75) is 13.5 Å². The van der Waals surface area contributed by atoms with Gasteiger partial charge in [-0.2, -0.15) is 0 Å². The van der Waals surface area contributed by atoms with E-state index in [-0.39, 0.29) is 0 Å². The topological polar surface area (TPSA) is 61.3 Å². The van der Waals surface area contributed by atoms with Crippen molar-refractivity contribution < 1.29 is 9.36 Å². The van der Waals surface area contributed by atoms with E-state index >= 15 is 0 Å². The van der Waals surface area contributed by atoms with Gasteiger partial charge in [0, 0.05) is 6.07 Å². The fourth-order valence-corrected chi connectivity index (χ4v) is 0.571. The molecule has 0 atom stereocenters. The van der Waals surface area contributed by atoms with Crippen LogP contribution in [0.5, 0.6) is 0 Å². The lowest BCUT2D eigenvalue weighted by Crippen LogP contribution is -1.98. The van der Waals surface area contributed by atoms with Crippen LogP contribution >= 0.6 is 0 Å². The third kappa shape index (κ3) is 1.51. The molecule has 1 rings (SSSR count). The summed E-state index contributed by atoms with van der Waals surface area (Å²) < 4.78 is 4.73. The molecule has 50 valence electrons. The first-order valence-corrected chi connectivity index (χ1v) is 2.57. The molecular formula is C5H8N2O2. The van der Waals surface area contributed by atoms with Crippen LogP contribution in [0.3, 0.4) is 0 Å². The van der Waals surface area contributed by atoms with Crippen LogP contribution in [0.2, 0.25) is 0 Å². The van der Waals surface area contributed by atoms with Gasteiger partial charge in [0.1, 0.15) is 18.1 Å². The van der Waals surface area contributed by atoms with Crippen LogP contribution in [0, 0.1) is 6.92 Å². The lowest BCUT2D eigenvalue weighted by Gasteiger charge is -1.85. The third-order valence-electron chi connectivity index (χ3n) is 0.908. The highest BCUT2D eigenvalue weighted by molar-refractivity contribution is 5.01. The van der Waals surface area contributed by atoms with Crippen molar-refractivity contribution in [3.8, 4) is 0 Å². The zero-order valence-electron chi connectivity index (χ0n) is 5.13. The van der Waals surface area contributed by atoms with Crippen LogP contribution in [0.4, 0.5) is 0 Å². The average Bonchev–Trinajstić information content (AvgIpc) is 2.17. The van der Waals surface area contributed by atoms with Gasteiger partial charge in [0.25, 0.3) is 0 Å². The van der Waals surface area contributed by atoms with E-state index in [4.69, 9.17) is 10.4 Å². The smallest absolute Gasteiger partial charge is 0.134 e. The molecule has 1 heterocycles. The Morgan fingerprint density at radius 2 is 2.67 bits per heavy atom. The maximum Gasteiger partial charge on any atom is 0.134 e. The van der Waals surface area contributed by atoms with Crippen molar-refractivity contribution in [2.24, 2.45) is 5.90 Å². The van der Waals surface area contributed by atoms with E-state index in [1.165, 1.54) is 0 Å². The summed E-state index contributed by atoms with van der Waals surface area (Å²) in [7, 11) is 0. The molecule has 0 saturated heterocycles. The SMILES string of the molecule is Cc1cc(CON)no1. The second kappa shape index (κ2) is 2.61. The predicted molar refractivity (Wildman–Crippen MR) is 30.2 cm³/mol. The van der Waals surface area contributed by atoms with Crippen LogP contribution in [-0.2, 0) is 11.4 Å². The molecule has 1 aromatic rings. The molecule has 4 nitrogen and oxygen atoms in total. The summed E-state index contributed by atoms with van der Waals surface area (Å²) in [6.45, 7) is 2.12. The fraction of sp³-hybridized carbons (Fsp3) is 0.400. The van der Waals surface area contributed by atoms with Crippen molar-refractivity contribution >= 4 is 0 Å². The van der Waals surface area contributed by atoms with E-state index in [9.17, 15) is 0 Å². The first kappa shape index (κ1) is 6.25. The number of nitrogens with two attached hydrogens (primary N) is 1. The van der Waals surface area contributed by atoms with Crippen molar-refractivity contribution in [3.63, 3.8) is 0 Å². The number of hydrogen-bond acceptors (Lipinski definition) is 4. The van der Waals surface area contributed by atoms with Gasteiger partial charge in [-0.05, 0) is 6.92 Å². The molecular weight excluding hydrogens is 120 g/mol. The molecule has 0 amide bonds. The predicted octanol–water partition coefficient (Wildman–Crippen LogP) is 0.373. The minimum atomic E-state index is 0.303. The Morgan fingerprint density at radius 3 is 3.11 bits per heavy atom. The number of aromatic nitrogens is 1. The van der Waals surface area contributed by atoms with E-state index in [2.05, 4.69) is 9.99 Å². The van der Waals surface area contributed by atoms with E-state index in [0.29, 0.717) is 6.61 Å². The van der Waals surface area contributed by atoms with Crippen molar-refractivity contribution in [1.82, 2.24) is 5.16 Å². The average molecular weight is 128 g/mol. The summed E-state index contributed by atoms with van der Waals surface area (Å²) in [5.74, 6) is 5.55. The van der Waals surface area contributed by atoms with Crippen LogP contribution < -0.4 is 5.90 Å². The number of rotatable bonds is 2. The van der Waals surface area contributed by atoms with Gasteiger partial charge < -0.3 is 4.52 Å². The quantitative estimate of drug-likeness (QED) is 0.584. The van der Waals surface area contributed by atoms with E-state index in [0.717, 1.165) is 11.5 Å². The summed E-state index contributed by atoms with van der Waals surface area (Å²) in [5.41, 5.74) is 0.718. The van der Waals surface area contributed by atoms with Crippen molar-refractivity contribution in [3.05, 3.63) is 17.5 Å². The highest BCUT2D eigenvalue weighted by Gasteiger charge is 1.96. The molecule has 9 heavy (non-hydrogen) atoms. The molecule has 0 aliphatic rings. The zero-order chi connectivity index (χ0) is 6.69. The normalized spacial score (nSPS) is 10.0. The molecule has 1 aromatic heterocycles. The molecule has 4 heteroatoms. The monoisotopic (exact) mass is 128 g/mol. The Labute approximate surface area is 52.5 Å². The Hall–Kier alpha value is -0.870.